The summed E-state index contributed by atoms with van der Waals surface area (Å²) in [6, 6.07) is 8.91. The monoisotopic (exact) mass is 331 g/mol. The maximum Gasteiger partial charge on any atom is 0.220 e. The minimum Gasteiger partial charge on any atom is -0.353 e. The van der Waals surface area contributed by atoms with Crippen LogP contribution in [0.4, 0.5) is 0 Å². The van der Waals surface area contributed by atoms with Crippen LogP contribution < -0.4 is 11.1 Å². The lowest BCUT2D eigenvalue weighted by molar-refractivity contribution is -0.122. The van der Waals surface area contributed by atoms with Gasteiger partial charge < -0.3 is 11.1 Å². The summed E-state index contributed by atoms with van der Waals surface area (Å²) in [5.41, 5.74) is 6.98. The molecule has 1 aromatic heterocycles. The number of fused-ring (bicyclic) bond motifs is 1. The predicted molar refractivity (Wildman–Crippen MR) is 95.5 cm³/mol. The number of amides is 1. The summed E-state index contributed by atoms with van der Waals surface area (Å²) < 4.78 is 1.25. The number of carbonyl (C=O) groups is 1. The van der Waals surface area contributed by atoms with Gasteiger partial charge in [0.05, 0.1) is 15.2 Å². The minimum atomic E-state index is 0.190. The van der Waals surface area contributed by atoms with Crippen molar-refractivity contribution in [3.8, 4) is 0 Å². The predicted octanol–water partition coefficient (Wildman–Crippen LogP) is 3.40. The lowest BCUT2D eigenvalue weighted by Crippen LogP contribution is -2.40. The van der Waals surface area contributed by atoms with Crippen molar-refractivity contribution in [2.45, 2.75) is 63.5 Å². The van der Waals surface area contributed by atoms with Crippen LogP contribution in [0.2, 0.25) is 0 Å². The van der Waals surface area contributed by atoms with Crippen LogP contribution in [0.15, 0.2) is 24.3 Å². The quantitative estimate of drug-likeness (QED) is 0.797. The van der Waals surface area contributed by atoms with Crippen molar-refractivity contribution in [3.63, 3.8) is 0 Å². The summed E-state index contributed by atoms with van der Waals surface area (Å²) in [4.78, 5) is 16.6. The Balaban J connectivity index is 1.35. The van der Waals surface area contributed by atoms with Gasteiger partial charge in [-0.3, -0.25) is 4.79 Å². The van der Waals surface area contributed by atoms with Crippen molar-refractivity contribution in [2.24, 2.45) is 5.73 Å². The minimum absolute atomic E-state index is 0.190. The number of rotatable bonds is 6. The number of unbranched alkanes of at least 4 members (excludes halogenated alkanes) is 1. The summed E-state index contributed by atoms with van der Waals surface area (Å²) in [7, 11) is 0. The standard InChI is InChI=1S/C18H25N3OS/c19-13-9-11-14(12-10-13)20-17(22)7-3-4-8-18-21-15-5-1-2-6-16(15)23-18/h1-2,5-6,13-14H,3-4,7-12,19H2,(H,20,22). The smallest absolute Gasteiger partial charge is 0.220 e. The summed E-state index contributed by atoms with van der Waals surface area (Å²) in [5, 5.41) is 4.33. The van der Waals surface area contributed by atoms with Gasteiger partial charge in [0.2, 0.25) is 5.91 Å². The Morgan fingerprint density at radius 3 is 2.78 bits per heavy atom. The Kier molecular flexibility index (Phi) is 5.62. The molecule has 5 heteroatoms. The lowest BCUT2D eigenvalue weighted by atomic mass is 9.92. The highest BCUT2D eigenvalue weighted by molar-refractivity contribution is 7.18. The molecule has 0 spiro atoms. The first kappa shape index (κ1) is 16.4. The van der Waals surface area contributed by atoms with Gasteiger partial charge >= 0.3 is 0 Å². The number of nitrogens with zero attached hydrogens (tertiary/aromatic N) is 1. The number of para-hydroxylation sites is 1. The third-order valence-electron chi connectivity index (χ3n) is 4.52. The van der Waals surface area contributed by atoms with Crippen LogP contribution >= 0.6 is 11.3 Å². The van der Waals surface area contributed by atoms with Crippen molar-refractivity contribution in [3.05, 3.63) is 29.3 Å². The van der Waals surface area contributed by atoms with E-state index in [-0.39, 0.29) is 5.91 Å². The van der Waals surface area contributed by atoms with Crippen LogP contribution in [0.25, 0.3) is 10.2 Å². The fourth-order valence-corrected chi connectivity index (χ4v) is 4.16. The van der Waals surface area contributed by atoms with Crippen LogP contribution in [-0.2, 0) is 11.2 Å². The van der Waals surface area contributed by atoms with E-state index in [9.17, 15) is 4.79 Å². The van der Waals surface area contributed by atoms with E-state index in [1.165, 1.54) is 9.71 Å². The molecule has 1 saturated carbocycles. The molecule has 3 N–H and O–H groups in total. The average Bonchev–Trinajstić information content (AvgIpc) is 2.96. The van der Waals surface area contributed by atoms with Crippen LogP contribution in [0.1, 0.15) is 50.0 Å². The zero-order valence-electron chi connectivity index (χ0n) is 13.5. The molecule has 0 saturated heterocycles. The van der Waals surface area contributed by atoms with Gasteiger partial charge in [0.15, 0.2) is 0 Å². The number of carbonyl (C=O) groups excluding carboxylic acids is 1. The number of aromatic nitrogens is 1. The molecule has 3 rings (SSSR count). The van der Waals surface area contributed by atoms with Crippen LogP contribution in [-0.4, -0.2) is 23.0 Å². The Labute approximate surface area is 141 Å². The van der Waals surface area contributed by atoms with Crippen molar-refractivity contribution >= 4 is 27.5 Å². The second-order valence-electron chi connectivity index (χ2n) is 6.46. The normalized spacial score (nSPS) is 21.4. The summed E-state index contributed by atoms with van der Waals surface area (Å²) in [6.45, 7) is 0. The molecule has 2 aromatic rings. The Morgan fingerprint density at radius 2 is 2.00 bits per heavy atom. The summed E-state index contributed by atoms with van der Waals surface area (Å²) in [6.07, 6.45) is 7.64. The molecule has 1 amide bonds. The number of nitrogens with two attached hydrogens (primary N) is 1. The highest BCUT2D eigenvalue weighted by Gasteiger charge is 2.19. The van der Waals surface area contributed by atoms with Crippen LogP contribution in [0.3, 0.4) is 0 Å². The van der Waals surface area contributed by atoms with E-state index in [0.29, 0.717) is 18.5 Å². The number of benzene rings is 1. The molecule has 1 aromatic carbocycles. The molecule has 0 radical (unpaired) electrons. The third kappa shape index (κ3) is 4.75. The molecule has 1 fully saturated rings. The Bertz CT molecular complexity index is 614. The molecule has 1 heterocycles. The SMILES string of the molecule is NC1CCC(NC(=O)CCCCc2nc3ccccc3s2)CC1. The molecular weight excluding hydrogens is 306 g/mol. The molecule has 0 unspecified atom stereocenters. The second-order valence-corrected chi connectivity index (χ2v) is 7.58. The summed E-state index contributed by atoms with van der Waals surface area (Å²) in [5.74, 6) is 0.190. The first-order valence-electron chi connectivity index (χ1n) is 8.60. The molecule has 124 valence electrons. The van der Waals surface area contributed by atoms with Crippen LogP contribution in [0, 0.1) is 0 Å². The molecule has 1 aliphatic rings. The van der Waals surface area contributed by atoms with Gasteiger partial charge in [-0.05, 0) is 57.1 Å². The second kappa shape index (κ2) is 7.88. The van der Waals surface area contributed by atoms with Gasteiger partial charge in [-0.2, -0.15) is 0 Å². The molecule has 4 nitrogen and oxygen atoms in total. The summed E-state index contributed by atoms with van der Waals surface area (Å²) >= 11 is 1.76. The molecular formula is C18H25N3OS. The molecule has 1 aliphatic carbocycles. The highest BCUT2D eigenvalue weighted by Crippen LogP contribution is 2.23. The number of hydrogen-bond acceptors (Lipinski definition) is 4. The first-order chi connectivity index (χ1) is 11.2. The maximum atomic E-state index is 12.0. The number of nitrogens with one attached hydrogen (secondary N) is 1. The van der Waals surface area contributed by atoms with E-state index in [2.05, 4.69) is 22.4 Å². The fraction of sp³-hybridized carbons (Fsp3) is 0.556. The van der Waals surface area contributed by atoms with Gasteiger partial charge in [0, 0.05) is 18.5 Å². The zero-order valence-corrected chi connectivity index (χ0v) is 14.3. The van der Waals surface area contributed by atoms with E-state index in [0.717, 1.165) is 50.5 Å². The van der Waals surface area contributed by atoms with Gasteiger partial charge in [-0.25, -0.2) is 4.98 Å². The molecule has 0 aliphatic heterocycles. The van der Waals surface area contributed by atoms with Crippen LogP contribution in [0.5, 0.6) is 0 Å². The van der Waals surface area contributed by atoms with Gasteiger partial charge in [-0.15, -0.1) is 11.3 Å². The van der Waals surface area contributed by atoms with E-state index in [4.69, 9.17) is 5.73 Å². The van der Waals surface area contributed by atoms with Gasteiger partial charge in [-0.1, -0.05) is 12.1 Å². The van der Waals surface area contributed by atoms with E-state index < -0.39 is 0 Å². The first-order valence-corrected chi connectivity index (χ1v) is 9.42. The number of thiazole rings is 1. The molecule has 0 bridgehead atoms. The fourth-order valence-electron chi connectivity index (χ4n) is 3.15. The van der Waals surface area contributed by atoms with Crippen molar-refractivity contribution < 1.29 is 4.79 Å². The highest BCUT2D eigenvalue weighted by atomic mass is 32.1. The molecule has 0 atom stereocenters. The van der Waals surface area contributed by atoms with E-state index in [1.54, 1.807) is 11.3 Å². The number of hydrogen-bond donors (Lipinski definition) is 2. The van der Waals surface area contributed by atoms with E-state index in [1.807, 2.05) is 12.1 Å². The van der Waals surface area contributed by atoms with Crippen molar-refractivity contribution in [2.75, 3.05) is 0 Å². The number of aryl methyl sites for hydroxylation is 1. The Hall–Kier alpha value is -1.46. The Morgan fingerprint density at radius 1 is 1.22 bits per heavy atom. The van der Waals surface area contributed by atoms with E-state index >= 15 is 0 Å². The topological polar surface area (TPSA) is 68.0 Å². The van der Waals surface area contributed by atoms with Gasteiger partial charge in [0.1, 0.15) is 0 Å². The third-order valence-corrected chi connectivity index (χ3v) is 5.62. The largest absolute Gasteiger partial charge is 0.353 e. The maximum absolute atomic E-state index is 12.0. The zero-order chi connectivity index (χ0) is 16.1. The average molecular weight is 331 g/mol. The molecule has 23 heavy (non-hydrogen) atoms. The van der Waals surface area contributed by atoms with Gasteiger partial charge in [0.25, 0.3) is 0 Å². The van der Waals surface area contributed by atoms with Crippen molar-refractivity contribution in [1.82, 2.24) is 10.3 Å². The van der Waals surface area contributed by atoms with Crippen molar-refractivity contribution in [1.29, 1.82) is 0 Å². The lowest BCUT2D eigenvalue weighted by Gasteiger charge is -2.26.